The summed E-state index contributed by atoms with van der Waals surface area (Å²) in [5.41, 5.74) is 7.62. The number of hydrogen-bond donors (Lipinski definition) is 1. The lowest BCUT2D eigenvalue weighted by atomic mass is 10.1. The SMILES string of the molecule is CCCN(CCC)c1cc(N/N=C/c2cc(C)ccc2N(C)C)nc(OCCN2CCOCC2)c1. The Balaban J connectivity index is 1.76. The molecule has 0 saturated carbocycles. The lowest BCUT2D eigenvalue weighted by molar-refractivity contribution is 0.0320. The Kier molecular flexibility index (Phi) is 10.6. The minimum atomic E-state index is 0.593. The van der Waals surface area contributed by atoms with Crippen LogP contribution in [0.3, 0.4) is 0 Å². The van der Waals surface area contributed by atoms with Crippen molar-refractivity contribution in [1.29, 1.82) is 0 Å². The first-order chi connectivity index (χ1) is 17.0. The number of rotatable bonds is 13. The topological polar surface area (TPSA) is 65.5 Å². The molecule has 1 aliphatic heterocycles. The molecule has 3 rings (SSSR count). The van der Waals surface area contributed by atoms with Gasteiger partial charge in [-0.2, -0.15) is 10.1 Å². The van der Waals surface area contributed by atoms with Crippen LogP contribution in [0.15, 0.2) is 35.4 Å². The maximum Gasteiger partial charge on any atom is 0.217 e. The highest BCUT2D eigenvalue weighted by Crippen LogP contribution is 2.25. The van der Waals surface area contributed by atoms with E-state index in [0.29, 0.717) is 18.3 Å². The first-order valence-electron chi connectivity index (χ1n) is 12.8. The fourth-order valence-electron chi connectivity index (χ4n) is 4.17. The van der Waals surface area contributed by atoms with Gasteiger partial charge < -0.3 is 19.3 Å². The van der Waals surface area contributed by atoms with Crippen LogP contribution in [0.1, 0.15) is 37.8 Å². The molecule has 192 valence electrons. The first-order valence-corrected chi connectivity index (χ1v) is 12.8. The lowest BCUT2D eigenvalue weighted by Crippen LogP contribution is -2.38. The van der Waals surface area contributed by atoms with Crippen LogP contribution in [0.2, 0.25) is 0 Å². The van der Waals surface area contributed by atoms with E-state index in [4.69, 9.17) is 14.5 Å². The van der Waals surface area contributed by atoms with E-state index in [2.05, 4.69) is 70.3 Å². The van der Waals surface area contributed by atoms with Gasteiger partial charge in [-0.05, 0) is 31.9 Å². The molecular formula is C27H42N6O2. The molecule has 0 atom stereocenters. The van der Waals surface area contributed by atoms with E-state index in [1.54, 1.807) is 0 Å². The van der Waals surface area contributed by atoms with Crippen molar-refractivity contribution < 1.29 is 9.47 Å². The summed E-state index contributed by atoms with van der Waals surface area (Å²) >= 11 is 0. The molecule has 1 fully saturated rings. The summed E-state index contributed by atoms with van der Waals surface area (Å²) in [6.07, 6.45) is 4.01. The number of hydrogen-bond acceptors (Lipinski definition) is 8. The summed E-state index contributed by atoms with van der Waals surface area (Å²) < 4.78 is 11.5. The van der Waals surface area contributed by atoms with Crippen molar-refractivity contribution in [2.24, 2.45) is 5.10 Å². The van der Waals surface area contributed by atoms with Gasteiger partial charge in [0, 0.05) is 75.9 Å². The second kappa shape index (κ2) is 13.9. The van der Waals surface area contributed by atoms with Crippen LogP contribution >= 0.6 is 0 Å². The maximum atomic E-state index is 6.11. The molecular weight excluding hydrogens is 440 g/mol. The average Bonchev–Trinajstić information content (AvgIpc) is 2.84. The van der Waals surface area contributed by atoms with Crippen LogP contribution in [0.4, 0.5) is 17.2 Å². The number of anilines is 3. The molecule has 0 spiro atoms. The molecule has 1 aromatic heterocycles. The number of nitrogens with one attached hydrogen (secondary N) is 1. The number of pyridine rings is 1. The van der Waals surface area contributed by atoms with Gasteiger partial charge in [-0.25, -0.2) is 0 Å². The second-order valence-electron chi connectivity index (χ2n) is 9.17. The molecule has 8 heteroatoms. The minimum absolute atomic E-state index is 0.593. The van der Waals surface area contributed by atoms with Gasteiger partial charge in [0.1, 0.15) is 6.61 Å². The smallest absolute Gasteiger partial charge is 0.217 e. The van der Waals surface area contributed by atoms with E-state index in [1.165, 1.54) is 5.56 Å². The van der Waals surface area contributed by atoms with Crippen LogP contribution in [-0.2, 0) is 4.74 Å². The molecule has 0 bridgehead atoms. The molecule has 0 aliphatic carbocycles. The van der Waals surface area contributed by atoms with Crippen LogP contribution in [-0.4, -0.2) is 82.7 Å². The highest BCUT2D eigenvalue weighted by Gasteiger charge is 2.13. The van der Waals surface area contributed by atoms with Crippen molar-refractivity contribution >= 4 is 23.4 Å². The summed E-state index contributed by atoms with van der Waals surface area (Å²) in [7, 11) is 4.08. The maximum absolute atomic E-state index is 6.11. The van der Waals surface area contributed by atoms with Gasteiger partial charge in [0.05, 0.1) is 19.4 Å². The van der Waals surface area contributed by atoms with E-state index in [0.717, 1.165) is 75.7 Å². The summed E-state index contributed by atoms with van der Waals surface area (Å²) in [5, 5.41) is 4.52. The van der Waals surface area contributed by atoms with Gasteiger partial charge in [0.25, 0.3) is 0 Å². The second-order valence-corrected chi connectivity index (χ2v) is 9.17. The lowest BCUT2D eigenvalue weighted by Gasteiger charge is -2.27. The van der Waals surface area contributed by atoms with Crippen LogP contribution in [0, 0.1) is 6.92 Å². The van der Waals surface area contributed by atoms with Gasteiger partial charge in [-0.1, -0.05) is 25.5 Å². The number of aromatic nitrogens is 1. The van der Waals surface area contributed by atoms with Crippen molar-refractivity contribution in [1.82, 2.24) is 9.88 Å². The van der Waals surface area contributed by atoms with Crippen molar-refractivity contribution in [2.45, 2.75) is 33.6 Å². The zero-order valence-electron chi connectivity index (χ0n) is 22.1. The van der Waals surface area contributed by atoms with E-state index >= 15 is 0 Å². The Bertz CT molecular complexity index is 937. The molecule has 0 unspecified atom stereocenters. The normalized spacial score (nSPS) is 14.3. The van der Waals surface area contributed by atoms with Crippen molar-refractivity contribution in [3.05, 3.63) is 41.5 Å². The summed E-state index contributed by atoms with van der Waals surface area (Å²) in [5.74, 6) is 1.30. The Morgan fingerprint density at radius 1 is 1.11 bits per heavy atom. The third-order valence-corrected chi connectivity index (χ3v) is 5.95. The van der Waals surface area contributed by atoms with Crippen molar-refractivity contribution in [2.75, 3.05) is 81.9 Å². The third-order valence-electron chi connectivity index (χ3n) is 5.95. The van der Waals surface area contributed by atoms with E-state index in [9.17, 15) is 0 Å². The van der Waals surface area contributed by atoms with E-state index in [-0.39, 0.29) is 0 Å². The largest absolute Gasteiger partial charge is 0.476 e. The van der Waals surface area contributed by atoms with E-state index in [1.807, 2.05) is 26.4 Å². The fourth-order valence-corrected chi connectivity index (χ4v) is 4.17. The molecule has 2 aromatic rings. The van der Waals surface area contributed by atoms with Crippen LogP contribution in [0.5, 0.6) is 5.88 Å². The van der Waals surface area contributed by atoms with Crippen LogP contribution < -0.4 is 20.0 Å². The molecule has 2 heterocycles. The molecule has 1 aliphatic rings. The number of morpholine rings is 1. The monoisotopic (exact) mass is 482 g/mol. The standard InChI is InChI=1S/C27H42N6O2/c1-6-10-33(11-7-2)24-19-26(29-27(20-24)35-17-14-32-12-15-34-16-13-32)30-28-21-23-18-22(3)8-9-25(23)31(4)5/h8-9,18-21H,6-7,10-17H2,1-5H3,(H,29,30)/b28-21+. The van der Waals surface area contributed by atoms with Gasteiger partial charge in [0.15, 0.2) is 5.82 Å². The minimum Gasteiger partial charge on any atom is -0.476 e. The van der Waals surface area contributed by atoms with Gasteiger partial charge in [-0.3, -0.25) is 10.3 Å². The van der Waals surface area contributed by atoms with Gasteiger partial charge in [0.2, 0.25) is 5.88 Å². The summed E-state index contributed by atoms with van der Waals surface area (Å²) in [6, 6.07) is 10.5. The molecule has 1 aromatic carbocycles. The average molecular weight is 483 g/mol. The fraction of sp³-hybridized carbons (Fsp3) is 0.556. The Labute approximate surface area is 210 Å². The Morgan fingerprint density at radius 3 is 2.54 bits per heavy atom. The first kappa shape index (κ1) is 26.8. The van der Waals surface area contributed by atoms with Crippen molar-refractivity contribution in [3.8, 4) is 5.88 Å². The molecule has 0 amide bonds. The Hall–Kier alpha value is -2.84. The summed E-state index contributed by atoms with van der Waals surface area (Å²) in [4.78, 5) is 11.5. The Morgan fingerprint density at radius 2 is 1.86 bits per heavy atom. The quantitative estimate of drug-likeness (QED) is 0.338. The predicted molar refractivity (Wildman–Crippen MR) is 147 cm³/mol. The third kappa shape index (κ3) is 8.40. The molecule has 0 radical (unpaired) electrons. The summed E-state index contributed by atoms with van der Waals surface area (Å²) in [6.45, 7) is 13.4. The zero-order chi connectivity index (χ0) is 25.0. The van der Waals surface area contributed by atoms with Crippen molar-refractivity contribution in [3.63, 3.8) is 0 Å². The number of nitrogens with zero attached hydrogens (tertiary/aromatic N) is 5. The van der Waals surface area contributed by atoms with Gasteiger partial charge >= 0.3 is 0 Å². The number of ether oxygens (including phenoxy) is 2. The number of hydrazone groups is 1. The number of benzene rings is 1. The van der Waals surface area contributed by atoms with E-state index < -0.39 is 0 Å². The molecule has 8 nitrogen and oxygen atoms in total. The highest BCUT2D eigenvalue weighted by atomic mass is 16.5. The molecule has 35 heavy (non-hydrogen) atoms. The highest BCUT2D eigenvalue weighted by molar-refractivity contribution is 5.88. The number of aryl methyl sites for hydroxylation is 1. The predicted octanol–water partition coefficient (Wildman–Crippen LogP) is 4.24. The van der Waals surface area contributed by atoms with Crippen LogP contribution in [0.25, 0.3) is 0 Å². The van der Waals surface area contributed by atoms with Gasteiger partial charge in [-0.15, -0.1) is 0 Å². The zero-order valence-corrected chi connectivity index (χ0v) is 22.1. The molecule has 1 saturated heterocycles. The molecule has 1 N–H and O–H groups in total.